The molecule has 0 spiro atoms. The Balaban J connectivity index is 1.33. The summed E-state index contributed by atoms with van der Waals surface area (Å²) in [7, 11) is 0. The molecule has 316 valence electrons. The summed E-state index contributed by atoms with van der Waals surface area (Å²) in [5.41, 5.74) is 1.67. The lowest BCUT2D eigenvalue weighted by Crippen LogP contribution is -2.51. The van der Waals surface area contributed by atoms with Crippen LogP contribution in [-0.4, -0.2) is 35.4 Å². The van der Waals surface area contributed by atoms with Crippen LogP contribution < -0.4 is 9.47 Å². The van der Waals surface area contributed by atoms with Gasteiger partial charge in [-0.2, -0.15) is 0 Å². The monoisotopic (exact) mass is 777 g/mol. The Morgan fingerprint density at radius 2 is 0.625 bits per heavy atom. The molecule has 1 saturated carbocycles. The van der Waals surface area contributed by atoms with E-state index in [0.717, 1.165) is 35.5 Å². The molecule has 1 aliphatic carbocycles. The van der Waals surface area contributed by atoms with Gasteiger partial charge < -0.3 is 19.7 Å². The summed E-state index contributed by atoms with van der Waals surface area (Å²) in [6, 6.07) is 15.3. The number of carboxylic acids is 2. The maximum atomic E-state index is 12.4. The van der Waals surface area contributed by atoms with Crippen LogP contribution in [0.5, 0.6) is 11.5 Å². The van der Waals surface area contributed by atoms with Gasteiger partial charge >= 0.3 is 11.9 Å². The van der Waals surface area contributed by atoms with Gasteiger partial charge in [-0.05, 0) is 48.2 Å². The zero-order valence-electron chi connectivity index (χ0n) is 35.7. The standard InChI is InChI=1S/C50H80O6/c1-3-5-7-9-11-13-15-17-19-21-23-25-27-29-39-55-43-35-31-41(32-36-43)45-46(48(50(53)54)47(45)49(51)52)42-33-37-44(38-34-42)56-40-30-28-26-24-22-20-18-16-14-12-10-8-6-4-2/h31-38,45-48H,3-30,39-40H2,1-2H3,(H,51,52)(H,53,54)/t45-,46+,47+,48-. The summed E-state index contributed by atoms with van der Waals surface area (Å²) < 4.78 is 12.1. The van der Waals surface area contributed by atoms with Crippen LogP contribution in [0, 0.1) is 11.8 Å². The van der Waals surface area contributed by atoms with E-state index in [-0.39, 0.29) is 0 Å². The molecule has 2 N–H and O–H groups in total. The summed E-state index contributed by atoms with van der Waals surface area (Å²) in [5.74, 6) is -3.45. The highest BCUT2D eigenvalue weighted by Gasteiger charge is 2.58. The van der Waals surface area contributed by atoms with Gasteiger partial charge in [0.25, 0.3) is 0 Å². The average molecular weight is 777 g/mol. The molecule has 0 heterocycles. The fraction of sp³-hybridized carbons (Fsp3) is 0.720. The van der Waals surface area contributed by atoms with Crippen molar-refractivity contribution in [2.75, 3.05) is 13.2 Å². The van der Waals surface area contributed by atoms with Gasteiger partial charge in [0.2, 0.25) is 0 Å². The number of carbonyl (C=O) groups is 2. The molecule has 0 radical (unpaired) electrons. The quantitative estimate of drug-likeness (QED) is 0.0670. The smallest absolute Gasteiger partial charge is 0.308 e. The minimum Gasteiger partial charge on any atom is -0.494 e. The lowest BCUT2D eigenvalue weighted by Gasteiger charge is -2.48. The Kier molecular flexibility index (Phi) is 25.5. The second-order valence-corrected chi connectivity index (χ2v) is 16.8. The highest BCUT2D eigenvalue weighted by atomic mass is 16.5. The third-order valence-corrected chi connectivity index (χ3v) is 12.2. The number of hydrogen-bond acceptors (Lipinski definition) is 4. The largest absolute Gasteiger partial charge is 0.494 e. The Morgan fingerprint density at radius 3 is 0.857 bits per heavy atom. The molecule has 0 bridgehead atoms. The first-order valence-electron chi connectivity index (χ1n) is 23.4. The predicted octanol–water partition coefficient (Wildman–Crippen LogP) is 14.7. The van der Waals surface area contributed by atoms with Gasteiger partial charge in [-0.3, -0.25) is 9.59 Å². The third-order valence-electron chi connectivity index (χ3n) is 12.2. The van der Waals surface area contributed by atoms with Crippen LogP contribution in [0.25, 0.3) is 0 Å². The molecule has 2 aromatic carbocycles. The molecular weight excluding hydrogens is 697 g/mol. The number of benzene rings is 2. The van der Waals surface area contributed by atoms with Gasteiger partial charge in [0, 0.05) is 11.8 Å². The van der Waals surface area contributed by atoms with Crippen LogP contribution in [0.15, 0.2) is 48.5 Å². The van der Waals surface area contributed by atoms with Gasteiger partial charge in [0.15, 0.2) is 0 Å². The molecule has 0 aliphatic heterocycles. The molecule has 6 nitrogen and oxygen atoms in total. The van der Waals surface area contributed by atoms with Crippen molar-refractivity contribution in [1.82, 2.24) is 0 Å². The molecule has 2 aromatic rings. The van der Waals surface area contributed by atoms with Crippen LogP contribution in [0.4, 0.5) is 0 Å². The summed E-state index contributed by atoms with van der Waals surface area (Å²) in [4.78, 5) is 24.7. The number of ether oxygens (including phenoxy) is 2. The van der Waals surface area contributed by atoms with Gasteiger partial charge in [-0.1, -0.05) is 205 Å². The second-order valence-electron chi connectivity index (χ2n) is 16.8. The number of rotatable bonds is 36. The SMILES string of the molecule is CCCCCCCCCCCCCCCCOc1ccc([C@@H]2[C@@H](C(=O)O)[C@@H](C(=O)O)[C@@H]2c2ccc(OCCCCCCCCCCCCCCCC)cc2)cc1. The number of hydrogen-bond donors (Lipinski definition) is 2. The second kappa shape index (κ2) is 30.1. The predicted molar refractivity (Wildman–Crippen MR) is 232 cm³/mol. The molecular formula is C50H80O6. The van der Waals surface area contributed by atoms with Gasteiger partial charge in [-0.15, -0.1) is 0 Å². The third kappa shape index (κ3) is 18.5. The molecule has 4 atom stereocenters. The average Bonchev–Trinajstić information content (AvgIpc) is 3.18. The van der Waals surface area contributed by atoms with Crippen molar-refractivity contribution in [2.24, 2.45) is 11.8 Å². The van der Waals surface area contributed by atoms with E-state index in [1.54, 1.807) is 0 Å². The topological polar surface area (TPSA) is 93.1 Å². The maximum Gasteiger partial charge on any atom is 0.308 e. The van der Waals surface area contributed by atoms with Crippen LogP contribution in [0.1, 0.15) is 217 Å². The fourth-order valence-corrected chi connectivity index (χ4v) is 8.74. The number of unbranched alkanes of at least 4 members (excludes halogenated alkanes) is 26. The first-order chi connectivity index (χ1) is 27.5. The van der Waals surface area contributed by atoms with Crippen LogP contribution in [0.2, 0.25) is 0 Å². The summed E-state index contributed by atoms with van der Waals surface area (Å²) in [6.45, 7) is 5.87. The minimum absolute atomic E-state index is 0.434. The van der Waals surface area contributed by atoms with E-state index in [1.807, 2.05) is 48.5 Å². The molecule has 1 aliphatic rings. The normalized spacial score (nSPS) is 17.8. The number of aliphatic carboxylic acids is 2. The lowest BCUT2D eigenvalue weighted by molar-refractivity contribution is -0.164. The first-order valence-corrected chi connectivity index (χ1v) is 23.4. The van der Waals surface area contributed by atoms with Crippen molar-refractivity contribution < 1.29 is 29.3 Å². The van der Waals surface area contributed by atoms with Gasteiger partial charge in [0.1, 0.15) is 11.5 Å². The molecule has 56 heavy (non-hydrogen) atoms. The minimum atomic E-state index is -1.06. The van der Waals surface area contributed by atoms with E-state index in [4.69, 9.17) is 9.47 Å². The van der Waals surface area contributed by atoms with Gasteiger partial charge in [0.05, 0.1) is 25.0 Å². The van der Waals surface area contributed by atoms with Crippen molar-refractivity contribution in [3.63, 3.8) is 0 Å². The van der Waals surface area contributed by atoms with Crippen LogP contribution in [0.3, 0.4) is 0 Å². The van der Waals surface area contributed by atoms with E-state index in [9.17, 15) is 19.8 Å². The molecule has 1 fully saturated rings. The molecule has 0 amide bonds. The first kappa shape index (κ1) is 47.4. The van der Waals surface area contributed by atoms with E-state index < -0.39 is 35.6 Å². The van der Waals surface area contributed by atoms with Crippen molar-refractivity contribution >= 4 is 11.9 Å². The van der Waals surface area contributed by atoms with Crippen LogP contribution >= 0.6 is 0 Å². The molecule has 0 unspecified atom stereocenters. The lowest BCUT2D eigenvalue weighted by atomic mass is 9.52. The molecule has 3 rings (SSSR count). The van der Waals surface area contributed by atoms with E-state index in [0.29, 0.717) is 13.2 Å². The summed E-state index contributed by atoms with van der Waals surface area (Å²) in [5, 5.41) is 20.2. The fourth-order valence-electron chi connectivity index (χ4n) is 8.74. The van der Waals surface area contributed by atoms with E-state index >= 15 is 0 Å². The molecule has 6 heteroatoms. The maximum absolute atomic E-state index is 12.4. The number of carboxylic acid groups (broad SMARTS) is 2. The molecule has 0 aromatic heterocycles. The Labute approximate surface area is 341 Å². The van der Waals surface area contributed by atoms with Crippen LogP contribution in [-0.2, 0) is 9.59 Å². The van der Waals surface area contributed by atoms with Gasteiger partial charge in [-0.25, -0.2) is 0 Å². The highest BCUT2D eigenvalue weighted by Crippen LogP contribution is 2.58. The highest BCUT2D eigenvalue weighted by molar-refractivity contribution is 5.85. The Hall–Kier alpha value is -3.02. The van der Waals surface area contributed by atoms with Crippen molar-refractivity contribution in [3.05, 3.63) is 59.7 Å². The zero-order chi connectivity index (χ0) is 40.1. The van der Waals surface area contributed by atoms with E-state index in [2.05, 4.69) is 13.8 Å². The van der Waals surface area contributed by atoms with Crippen molar-refractivity contribution in [3.8, 4) is 11.5 Å². The van der Waals surface area contributed by atoms with E-state index in [1.165, 1.54) is 167 Å². The van der Waals surface area contributed by atoms with Crippen molar-refractivity contribution in [2.45, 2.75) is 205 Å². The Morgan fingerprint density at radius 1 is 0.393 bits per heavy atom. The summed E-state index contributed by atoms with van der Waals surface area (Å²) in [6.07, 6.45) is 37.0. The summed E-state index contributed by atoms with van der Waals surface area (Å²) >= 11 is 0. The zero-order valence-corrected chi connectivity index (χ0v) is 35.7. The molecule has 0 saturated heterocycles. The van der Waals surface area contributed by atoms with Crippen molar-refractivity contribution in [1.29, 1.82) is 0 Å². The Bertz CT molecular complexity index is 1170.